The van der Waals surface area contributed by atoms with Crippen LogP contribution >= 0.6 is 0 Å². The fourth-order valence-corrected chi connectivity index (χ4v) is 3.43. The van der Waals surface area contributed by atoms with Crippen molar-refractivity contribution in [3.63, 3.8) is 0 Å². The molecule has 1 fully saturated rings. The number of nitrogens with zero attached hydrogens (tertiary/aromatic N) is 1. The van der Waals surface area contributed by atoms with Crippen LogP contribution in [-0.4, -0.2) is 40.8 Å². The number of ether oxygens (including phenoxy) is 1. The molecule has 2 aromatic carbocycles. The number of alkyl halides is 3. The summed E-state index contributed by atoms with van der Waals surface area (Å²) in [6.07, 6.45) is -6.17. The van der Waals surface area contributed by atoms with Gasteiger partial charge in [0.2, 0.25) is 0 Å². The summed E-state index contributed by atoms with van der Waals surface area (Å²) in [4.78, 5) is 12.4. The lowest BCUT2D eigenvalue weighted by molar-refractivity contribution is -0.140. The van der Waals surface area contributed by atoms with Crippen molar-refractivity contribution in [2.45, 2.75) is 25.2 Å². The molecule has 9 heteroatoms. The van der Waals surface area contributed by atoms with Gasteiger partial charge in [-0.2, -0.15) is 13.2 Å². The van der Waals surface area contributed by atoms with Crippen LogP contribution in [0.1, 0.15) is 29.2 Å². The molecule has 0 amide bonds. The van der Waals surface area contributed by atoms with E-state index < -0.39 is 36.1 Å². The zero-order valence-corrected chi connectivity index (χ0v) is 15.9. The molecule has 3 rings (SSSR count). The second-order valence-corrected chi connectivity index (χ2v) is 7.32. The van der Waals surface area contributed by atoms with E-state index in [1.807, 2.05) is 0 Å². The molecule has 1 aliphatic rings. The first kappa shape index (κ1) is 22.0. The van der Waals surface area contributed by atoms with Crippen LogP contribution in [0.25, 0.3) is 0 Å². The van der Waals surface area contributed by atoms with Crippen LogP contribution < -0.4 is 4.74 Å². The van der Waals surface area contributed by atoms with Gasteiger partial charge >= 0.3 is 12.1 Å². The van der Waals surface area contributed by atoms with E-state index in [2.05, 4.69) is 0 Å². The highest BCUT2D eigenvalue weighted by Gasteiger charge is 2.36. The Morgan fingerprint density at radius 2 is 1.90 bits per heavy atom. The zero-order chi connectivity index (χ0) is 21.9. The van der Waals surface area contributed by atoms with Crippen LogP contribution in [-0.2, 0) is 17.5 Å². The average molecular weight is 427 g/mol. The second kappa shape index (κ2) is 9.01. The molecule has 0 saturated carbocycles. The molecule has 0 radical (unpaired) electrons. The predicted octanol–water partition coefficient (Wildman–Crippen LogP) is 3.86. The molecule has 0 bridgehead atoms. The van der Waals surface area contributed by atoms with E-state index in [-0.39, 0.29) is 18.0 Å². The third-order valence-corrected chi connectivity index (χ3v) is 4.94. The van der Waals surface area contributed by atoms with Crippen molar-refractivity contribution in [1.29, 1.82) is 0 Å². The van der Waals surface area contributed by atoms with Gasteiger partial charge in [0.15, 0.2) is 0 Å². The number of carbonyl (C=O) groups is 1. The van der Waals surface area contributed by atoms with Gasteiger partial charge < -0.3 is 14.9 Å². The molecule has 1 atom stereocenters. The maximum absolute atomic E-state index is 13.9. The first-order valence-electron chi connectivity index (χ1n) is 9.33. The fraction of sp³-hybridized carbons (Fsp3) is 0.381. The van der Waals surface area contributed by atoms with Crippen molar-refractivity contribution >= 4 is 5.97 Å². The first-order chi connectivity index (χ1) is 14.1. The number of carboxylic acids is 1. The Bertz CT molecular complexity index is 897. The first-order valence-corrected chi connectivity index (χ1v) is 9.33. The summed E-state index contributed by atoms with van der Waals surface area (Å²) in [7, 11) is 0. The molecule has 0 aromatic heterocycles. The van der Waals surface area contributed by atoms with Crippen molar-refractivity contribution in [1.82, 2.24) is 4.90 Å². The number of halogens is 4. The minimum Gasteiger partial charge on any atom is -0.493 e. The van der Waals surface area contributed by atoms with Crippen molar-refractivity contribution in [3.05, 3.63) is 65.0 Å². The molecule has 0 aliphatic carbocycles. The van der Waals surface area contributed by atoms with Gasteiger partial charge in [0.25, 0.3) is 0 Å². The van der Waals surface area contributed by atoms with E-state index in [1.54, 1.807) is 29.2 Å². The van der Waals surface area contributed by atoms with Crippen LogP contribution in [0.3, 0.4) is 0 Å². The number of aliphatic carboxylic acids is 1. The van der Waals surface area contributed by atoms with Gasteiger partial charge in [0, 0.05) is 31.1 Å². The fourth-order valence-electron chi connectivity index (χ4n) is 3.43. The molecule has 0 unspecified atom stereocenters. The Kier molecular flexibility index (Phi) is 6.62. The van der Waals surface area contributed by atoms with Gasteiger partial charge in [0.05, 0.1) is 24.7 Å². The van der Waals surface area contributed by atoms with E-state index >= 15 is 0 Å². The summed E-state index contributed by atoms with van der Waals surface area (Å²) >= 11 is 0. The highest BCUT2D eigenvalue weighted by atomic mass is 19.4. The molecular formula is C21H21F4NO4. The highest BCUT2D eigenvalue weighted by molar-refractivity contribution is 5.67. The number of benzene rings is 2. The van der Waals surface area contributed by atoms with E-state index in [1.165, 1.54) is 0 Å². The lowest BCUT2D eigenvalue weighted by Gasteiger charge is -2.39. The van der Waals surface area contributed by atoms with Crippen molar-refractivity contribution in [2.24, 2.45) is 5.92 Å². The Morgan fingerprint density at radius 3 is 2.57 bits per heavy atom. The Hall–Kier alpha value is -2.65. The summed E-state index contributed by atoms with van der Waals surface area (Å²) in [5.74, 6) is -1.46. The lowest BCUT2D eigenvalue weighted by Crippen LogP contribution is -2.48. The molecule has 1 saturated heterocycles. The van der Waals surface area contributed by atoms with Crippen molar-refractivity contribution < 1.29 is 37.3 Å². The van der Waals surface area contributed by atoms with E-state index in [4.69, 9.17) is 9.84 Å². The third kappa shape index (κ3) is 5.48. The number of carboxylic acid groups (broad SMARTS) is 1. The van der Waals surface area contributed by atoms with Crippen molar-refractivity contribution in [2.75, 3.05) is 19.7 Å². The largest absolute Gasteiger partial charge is 0.493 e. The summed E-state index contributed by atoms with van der Waals surface area (Å²) < 4.78 is 58.9. The summed E-state index contributed by atoms with van der Waals surface area (Å²) in [5, 5.41) is 18.6. The van der Waals surface area contributed by atoms with Gasteiger partial charge in [-0.25, -0.2) is 4.39 Å². The molecular weight excluding hydrogens is 406 g/mol. The minimum atomic E-state index is -4.61. The molecule has 2 aromatic rings. The van der Waals surface area contributed by atoms with Crippen LogP contribution in [0.15, 0.2) is 42.5 Å². The van der Waals surface area contributed by atoms with E-state index in [0.717, 1.165) is 18.2 Å². The third-order valence-electron chi connectivity index (χ3n) is 4.94. The molecule has 0 spiro atoms. The SMILES string of the molecule is O=C(O)C[C@@H](O)c1cccc(OCC2CN(Cc3c(F)cccc3C(F)(F)F)C2)c1. The predicted molar refractivity (Wildman–Crippen MR) is 99.3 cm³/mol. The maximum Gasteiger partial charge on any atom is 0.416 e. The monoisotopic (exact) mass is 427 g/mol. The molecule has 1 heterocycles. The van der Waals surface area contributed by atoms with Crippen LogP contribution in [0.5, 0.6) is 5.75 Å². The molecule has 162 valence electrons. The lowest BCUT2D eigenvalue weighted by atomic mass is 9.98. The maximum atomic E-state index is 13.9. The Labute approximate surface area is 170 Å². The van der Waals surface area contributed by atoms with Crippen LogP contribution in [0.2, 0.25) is 0 Å². The number of hydrogen-bond acceptors (Lipinski definition) is 4. The number of aliphatic hydroxyl groups excluding tert-OH is 1. The minimum absolute atomic E-state index is 0.0682. The van der Waals surface area contributed by atoms with Gasteiger partial charge in [-0.15, -0.1) is 0 Å². The standard InChI is InChI=1S/C21H21F4NO4/c22-18-6-2-5-17(21(23,24)25)16(18)11-26-9-13(10-26)12-30-15-4-1-3-14(7-15)19(27)8-20(28)29/h1-7,13,19,27H,8-12H2,(H,28,29)/t19-/m1/s1. The number of aliphatic hydroxyl groups is 1. The molecule has 1 aliphatic heterocycles. The zero-order valence-electron chi connectivity index (χ0n) is 15.9. The molecule has 2 N–H and O–H groups in total. The van der Waals surface area contributed by atoms with E-state index in [0.29, 0.717) is 31.0 Å². The summed E-state index contributed by atoms with van der Waals surface area (Å²) in [5.41, 5.74) is -0.896. The van der Waals surface area contributed by atoms with Gasteiger partial charge in [-0.3, -0.25) is 9.69 Å². The quantitative estimate of drug-likeness (QED) is 0.626. The van der Waals surface area contributed by atoms with Crippen LogP contribution in [0, 0.1) is 11.7 Å². The normalized spacial score (nSPS) is 16.2. The van der Waals surface area contributed by atoms with Gasteiger partial charge in [-0.1, -0.05) is 18.2 Å². The number of likely N-dealkylation sites (tertiary alicyclic amines) is 1. The Balaban J connectivity index is 1.52. The molecule has 5 nitrogen and oxygen atoms in total. The number of rotatable bonds is 8. The second-order valence-electron chi connectivity index (χ2n) is 7.32. The molecule has 30 heavy (non-hydrogen) atoms. The number of hydrogen-bond donors (Lipinski definition) is 2. The van der Waals surface area contributed by atoms with E-state index in [9.17, 15) is 27.5 Å². The summed E-state index contributed by atoms with van der Waals surface area (Å²) in [6.45, 7) is 1.10. The van der Waals surface area contributed by atoms with Gasteiger partial charge in [-0.05, 0) is 29.8 Å². The average Bonchev–Trinajstić information content (AvgIpc) is 2.63. The van der Waals surface area contributed by atoms with Crippen LogP contribution in [0.4, 0.5) is 17.6 Å². The van der Waals surface area contributed by atoms with Crippen molar-refractivity contribution in [3.8, 4) is 5.75 Å². The Morgan fingerprint density at radius 1 is 1.20 bits per heavy atom. The smallest absolute Gasteiger partial charge is 0.416 e. The summed E-state index contributed by atoms with van der Waals surface area (Å²) in [6, 6.07) is 9.41. The highest BCUT2D eigenvalue weighted by Crippen LogP contribution is 2.34. The topological polar surface area (TPSA) is 70.0 Å². The van der Waals surface area contributed by atoms with Gasteiger partial charge in [0.1, 0.15) is 11.6 Å².